The predicted octanol–water partition coefficient (Wildman–Crippen LogP) is 2.81. The molecule has 4 nitrogen and oxygen atoms in total. The number of pyridine rings is 1. The number of thiazole rings is 1. The Morgan fingerprint density at radius 1 is 1.28 bits per heavy atom. The van der Waals surface area contributed by atoms with Gasteiger partial charge in [0.25, 0.3) is 5.91 Å². The number of nitrogens with zero attached hydrogens (tertiary/aromatic N) is 2. The molecule has 0 unspecified atom stereocenters. The van der Waals surface area contributed by atoms with Gasteiger partial charge in [0.15, 0.2) is 0 Å². The molecule has 2 rings (SSSR count). The van der Waals surface area contributed by atoms with Crippen LogP contribution in [0.25, 0.3) is 0 Å². The topological polar surface area (TPSA) is 54.9 Å². The van der Waals surface area contributed by atoms with Crippen LogP contribution in [-0.4, -0.2) is 15.9 Å². The molecule has 1 N–H and O–H groups in total. The van der Waals surface area contributed by atoms with Gasteiger partial charge in [-0.15, -0.1) is 11.3 Å². The summed E-state index contributed by atoms with van der Waals surface area (Å²) in [4.78, 5) is 18.8. The van der Waals surface area contributed by atoms with Gasteiger partial charge in [0.1, 0.15) is 11.5 Å². The van der Waals surface area contributed by atoms with E-state index in [2.05, 4.69) is 15.3 Å². The zero-order valence-electron chi connectivity index (χ0n) is 8.73. The Morgan fingerprint density at radius 2 is 2.06 bits per heavy atom. The lowest BCUT2D eigenvalue weighted by atomic mass is 10.3. The highest BCUT2D eigenvalue weighted by atomic mass is 32.1. The molecular formula is C10H6F3N3OS. The minimum Gasteiger partial charge on any atom is -0.305 e. The van der Waals surface area contributed by atoms with E-state index in [0.29, 0.717) is 6.20 Å². The van der Waals surface area contributed by atoms with Crippen molar-refractivity contribution in [3.8, 4) is 0 Å². The largest absolute Gasteiger partial charge is 0.417 e. The fourth-order valence-corrected chi connectivity index (χ4v) is 1.67. The smallest absolute Gasteiger partial charge is 0.305 e. The monoisotopic (exact) mass is 273 g/mol. The van der Waals surface area contributed by atoms with Crippen molar-refractivity contribution in [2.24, 2.45) is 0 Å². The number of hydrogen-bond acceptors (Lipinski definition) is 4. The van der Waals surface area contributed by atoms with Crippen LogP contribution in [0.5, 0.6) is 0 Å². The number of amides is 1. The number of halogens is 3. The zero-order valence-corrected chi connectivity index (χ0v) is 9.55. The third-order valence-electron chi connectivity index (χ3n) is 2.00. The van der Waals surface area contributed by atoms with E-state index in [1.165, 1.54) is 22.2 Å². The molecule has 0 aliphatic rings. The summed E-state index contributed by atoms with van der Waals surface area (Å²) in [6.45, 7) is 0. The molecule has 8 heteroatoms. The Morgan fingerprint density at radius 3 is 2.56 bits per heavy atom. The lowest BCUT2D eigenvalue weighted by Gasteiger charge is -2.07. The molecule has 0 fully saturated rings. The second kappa shape index (κ2) is 4.73. The van der Waals surface area contributed by atoms with Gasteiger partial charge in [-0.1, -0.05) is 0 Å². The Kier molecular flexibility index (Phi) is 3.28. The van der Waals surface area contributed by atoms with E-state index in [1.54, 1.807) is 0 Å². The highest BCUT2D eigenvalue weighted by Gasteiger charge is 2.30. The first-order chi connectivity index (χ1) is 8.47. The van der Waals surface area contributed by atoms with E-state index in [4.69, 9.17) is 0 Å². The number of nitrogens with one attached hydrogen (secondary N) is 1. The van der Waals surface area contributed by atoms with Crippen LogP contribution in [0.2, 0.25) is 0 Å². The minimum atomic E-state index is -4.44. The summed E-state index contributed by atoms with van der Waals surface area (Å²) in [5, 5.41) is 3.88. The van der Waals surface area contributed by atoms with Crippen LogP contribution in [0.4, 0.5) is 19.0 Å². The number of alkyl halides is 3. The highest BCUT2D eigenvalue weighted by molar-refractivity contribution is 7.07. The van der Waals surface area contributed by atoms with Crippen LogP contribution in [0, 0.1) is 0 Å². The van der Waals surface area contributed by atoms with Gasteiger partial charge in [0.2, 0.25) is 0 Å². The molecule has 0 aromatic carbocycles. The molecule has 2 heterocycles. The molecule has 18 heavy (non-hydrogen) atoms. The quantitative estimate of drug-likeness (QED) is 0.915. The molecular weight excluding hydrogens is 267 g/mol. The summed E-state index contributed by atoms with van der Waals surface area (Å²) >= 11 is 1.24. The molecule has 94 valence electrons. The molecule has 0 saturated heterocycles. The van der Waals surface area contributed by atoms with Gasteiger partial charge in [-0.25, -0.2) is 9.97 Å². The van der Waals surface area contributed by atoms with Gasteiger partial charge in [-0.2, -0.15) is 13.2 Å². The number of aromatic nitrogens is 2. The normalized spacial score (nSPS) is 11.3. The van der Waals surface area contributed by atoms with Gasteiger partial charge in [0, 0.05) is 11.6 Å². The summed E-state index contributed by atoms with van der Waals surface area (Å²) in [5.74, 6) is -0.468. The fraction of sp³-hybridized carbons (Fsp3) is 0.100. The van der Waals surface area contributed by atoms with Crippen LogP contribution < -0.4 is 5.32 Å². The van der Waals surface area contributed by atoms with Crippen molar-refractivity contribution in [3.63, 3.8) is 0 Å². The highest BCUT2D eigenvalue weighted by Crippen LogP contribution is 2.28. The molecule has 0 aliphatic carbocycles. The lowest BCUT2D eigenvalue weighted by Crippen LogP contribution is -2.14. The van der Waals surface area contributed by atoms with Crippen LogP contribution in [-0.2, 0) is 6.18 Å². The Bertz CT molecular complexity index is 536. The van der Waals surface area contributed by atoms with Gasteiger partial charge >= 0.3 is 6.18 Å². The van der Waals surface area contributed by atoms with E-state index < -0.39 is 17.6 Å². The van der Waals surface area contributed by atoms with Gasteiger partial charge < -0.3 is 5.32 Å². The van der Waals surface area contributed by atoms with Gasteiger partial charge in [-0.3, -0.25) is 4.79 Å². The van der Waals surface area contributed by atoms with Gasteiger partial charge in [0.05, 0.1) is 11.1 Å². The second-order valence-electron chi connectivity index (χ2n) is 3.26. The minimum absolute atomic E-state index is 0.0426. The molecule has 0 spiro atoms. The van der Waals surface area contributed by atoms with E-state index in [-0.39, 0.29) is 11.5 Å². The average molecular weight is 273 g/mol. The Labute approximate surface area is 104 Å². The molecule has 0 atom stereocenters. The van der Waals surface area contributed by atoms with Crippen molar-refractivity contribution in [1.82, 2.24) is 9.97 Å². The van der Waals surface area contributed by atoms with Crippen molar-refractivity contribution < 1.29 is 18.0 Å². The summed E-state index contributed by atoms with van der Waals surface area (Å²) in [5.41, 5.74) is 0.811. The van der Waals surface area contributed by atoms with Crippen molar-refractivity contribution >= 4 is 23.1 Å². The third-order valence-corrected chi connectivity index (χ3v) is 2.58. The van der Waals surface area contributed by atoms with Crippen LogP contribution in [0.1, 0.15) is 16.1 Å². The molecule has 0 bridgehead atoms. The zero-order chi connectivity index (χ0) is 13.2. The van der Waals surface area contributed by atoms with E-state index in [0.717, 1.165) is 12.1 Å². The standard InChI is InChI=1S/C10H6F3N3OS/c11-10(12,13)6-1-2-8(14-3-6)16-9(17)7-4-18-5-15-7/h1-5H,(H,14,16,17). The van der Waals surface area contributed by atoms with Crippen LogP contribution >= 0.6 is 11.3 Å². The van der Waals surface area contributed by atoms with E-state index in [9.17, 15) is 18.0 Å². The number of rotatable bonds is 2. The fourth-order valence-electron chi connectivity index (χ4n) is 1.14. The molecule has 0 aliphatic heterocycles. The van der Waals surface area contributed by atoms with Crippen molar-refractivity contribution in [3.05, 3.63) is 40.5 Å². The first-order valence-corrected chi connectivity index (χ1v) is 5.64. The Balaban J connectivity index is 2.09. The third kappa shape index (κ3) is 2.83. The van der Waals surface area contributed by atoms with Crippen molar-refractivity contribution in [1.29, 1.82) is 0 Å². The molecule has 0 radical (unpaired) electrons. The molecule has 2 aromatic heterocycles. The first kappa shape index (κ1) is 12.5. The van der Waals surface area contributed by atoms with Gasteiger partial charge in [-0.05, 0) is 12.1 Å². The lowest BCUT2D eigenvalue weighted by molar-refractivity contribution is -0.137. The molecule has 2 aromatic rings. The van der Waals surface area contributed by atoms with Crippen molar-refractivity contribution in [2.45, 2.75) is 6.18 Å². The Hall–Kier alpha value is -1.96. The number of hydrogen-bond donors (Lipinski definition) is 1. The number of anilines is 1. The predicted molar refractivity (Wildman–Crippen MR) is 59.3 cm³/mol. The molecule has 1 amide bonds. The maximum absolute atomic E-state index is 12.3. The van der Waals surface area contributed by atoms with Crippen molar-refractivity contribution in [2.75, 3.05) is 5.32 Å². The van der Waals surface area contributed by atoms with Crippen LogP contribution in [0.3, 0.4) is 0 Å². The van der Waals surface area contributed by atoms with Crippen LogP contribution in [0.15, 0.2) is 29.2 Å². The average Bonchev–Trinajstić information content (AvgIpc) is 2.82. The summed E-state index contributed by atoms with van der Waals surface area (Å²) in [6.07, 6.45) is -3.78. The SMILES string of the molecule is O=C(Nc1ccc(C(F)(F)F)cn1)c1cscn1. The van der Waals surface area contributed by atoms with E-state index >= 15 is 0 Å². The maximum atomic E-state index is 12.3. The van der Waals surface area contributed by atoms with E-state index in [1.807, 2.05) is 0 Å². The second-order valence-corrected chi connectivity index (χ2v) is 3.98. The number of carbonyl (C=O) groups is 1. The maximum Gasteiger partial charge on any atom is 0.417 e. The summed E-state index contributed by atoms with van der Waals surface area (Å²) in [7, 11) is 0. The first-order valence-electron chi connectivity index (χ1n) is 4.69. The summed E-state index contributed by atoms with van der Waals surface area (Å²) < 4.78 is 36.8. The summed E-state index contributed by atoms with van der Waals surface area (Å²) in [6, 6.07) is 1.94. The number of carbonyl (C=O) groups excluding carboxylic acids is 1. The molecule has 0 saturated carbocycles.